The van der Waals surface area contributed by atoms with E-state index in [-0.39, 0.29) is 11.5 Å². The Morgan fingerprint density at radius 1 is 0.913 bits per heavy atom. The van der Waals surface area contributed by atoms with Gasteiger partial charge in [0.15, 0.2) is 0 Å². The van der Waals surface area contributed by atoms with Gasteiger partial charge >= 0.3 is 0 Å². The SMILES string of the molecule is CC(=O)[C@H]1CCC2C3CCC4C[C@@H](O)CC[C@]4(C)C3CC[C@@]21C. The van der Waals surface area contributed by atoms with E-state index in [1.165, 1.54) is 38.5 Å². The predicted molar refractivity (Wildman–Crippen MR) is 91.9 cm³/mol. The summed E-state index contributed by atoms with van der Waals surface area (Å²) in [5.74, 6) is 3.97. The fourth-order valence-electron chi connectivity index (χ4n) is 7.90. The normalized spacial score (nSPS) is 55.7. The van der Waals surface area contributed by atoms with E-state index in [1.807, 2.05) is 6.92 Å². The molecule has 2 nitrogen and oxygen atoms in total. The molecule has 1 N–H and O–H groups in total. The largest absolute Gasteiger partial charge is 0.393 e. The van der Waals surface area contributed by atoms with E-state index in [0.717, 1.165) is 42.9 Å². The monoisotopic (exact) mass is 318 g/mol. The first-order chi connectivity index (χ1) is 10.9. The van der Waals surface area contributed by atoms with E-state index in [0.29, 0.717) is 17.1 Å². The first kappa shape index (κ1) is 16.1. The van der Waals surface area contributed by atoms with Gasteiger partial charge in [-0.05, 0) is 99.2 Å². The third-order valence-electron chi connectivity index (χ3n) is 9.13. The van der Waals surface area contributed by atoms with Gasteiger partial charge < -0.3 is 5.11 Å². The van der Waals surface area contributed by atoms with Gasteiger partial charge in [0.05, 0.1) is 6.10 Å². The van der Waals surface area contributed by atoms with Crippen LogP contribution in [-0.4, -0.2) is 17.0 Å². The van der Waals surface area contributed by atoms with Crippen LogP contribution in [0.2, 0.25) is 0 Å². The molecule has 0 aromatic rings. The average Bonchev–Trinajstić information content (AvgIpc) is 2.85. The molecule has 0 saturated heterocycles. The molecule has 0 aliphatic heterocycles. The standard InChI is InChI=1S/C21H34O2/c1-13(22)17-6-7-18-16-5-4-14-12-15(23)8-10-20(14,2)19(16)9-11-21(17,18)3/h14-19,23H,4-12H2,1-3H3/t14?,15-,16?,17+,18?,19?,20-,21+/m0/s1. The second kappa shape index (κ2) is 5.31. The van der Waals surface area contributed by atoms with Gasteiger partial charge in [0.1, 0.15) is 5.78 Å². The first-order valence-electron chi connectivity index (χ1n) is 10.0. The summed E-state index contributed by atoms with van der Waals surface area (Å²) in [4.78, 5) is 12.2. The molecule has 130 valence electrons. The third-order valence-corrected chi connectivity index (χ3v) is 9.13. The van der Waals surface area contributed by atoms with Crippen LogP contribution in [0, 0.1) is 40.4 Å². The molecule has 0 aromatic heterocycles. The molecule has 4 aliphatic rings. The molecule has 4 aliphatic carbocycles. The van der Waals surface area contributed by atoms with Gasteiger partial charge in [-0.15, -0.1) is 0 Å². The van der Waals surface area contributed by atoms with Crippen LogP contribution in [0.1, 0.15) is 78.6 Å². The maximum atomic E-state index is 12.2. The highest BCUT2D eigenvalue weighted by Crippen LogP contribution is 2.67. The van der Waals surface area contributed by atoms with Crippen molar-refractivity contribution >= 4 is 5.78 Å². The van der Waals surface area contributed by atoms with Gasteiger partial charge in [0.25, 0.3) is 0 Å². The summed E-state index contributed by atoms with van der Waals surface area (Å²) in [5.41, 5.74) is 0.738. The lowest BCUT2D eigenvalue weighted by molar-refractivity contribution is -0.138. The molecule has 0 amide bonds. The Balaban J connectivity index is 1.61. The van der Waals surface area contributed by atoms with Gasteiger partial charge in [-0.25, -0.2) is 0 Å². The number of aliphatic hydroxyl groups is 1. The van der Waals surface area contributed by atoms with Crippen molar-refractivity contribution in [2.75, 3.05) is 0 Å². The number of Topliss-reactive ketones (excluding diaryl/α,β-unsaturated/α-hetero) is 1. The molecule has 4 unspecified atom stereocenters. The van der Waals surface area contributed by atoms with Crippen LogP contribution in [-0.2, 0) is 4.79 Å². The molecular formula is C21H34O2. The van der Waals surface area contributed by atoms with Crippen molar-refractivity contribution in [3.8, 4) is 0 Å². The van der Waals surface area contributed by atoms with Crippen LogP contribution in [0.25, 0.3) is 0 Å². The van der Waals surface area contributed by atoms with Crippen molar-refractivity contribution in [1.82, 2.24) is 0 Å². The topological polar surface area (TPSA) is 37.3 Å². The maximum Gasteiger partial charge on any atom is 0.133 e. The zero-order chi connectivity index (χ0) is 16.4. The Morgan fingerprint density at radius 3 is 2.35 bits per heavy atom. The number of fused-ring (bicyclic) bond motifs is 5. The van der Waals surface area contributed by atoms with Crippen LogP contribution in [0.3, 0.4) is 0 Å². The summed E-state index contributed by atoms with van der Waals surface area (Å²) in [6, 6.07) is 0. The number of hydrogen-bond donors (Lipinski definition) is 1. The number of ketones is 1. The average molecular weight is 319 g/mol. The second-order valence-corrected chi connectivity index (χ2v) is 9.87. The highest BCUT2D eigenvalue weighted by Gasteiger charge is 2.60. The quantitative estimate of drug-likeness (QED) is 0.767. The minimum atomic E-state index is -0.0490. The molecule has 23 heavy (non-hydrogen) atoms. The summed E-state index contributed by atoms with van der Waals surface area (Å²) in [7, 11) is 0. The molecule has 2 heteroatoms. The van der Waals surface area contributed by atoms with E-state index >= 15 is 0 Å². The molecule has 0 spiro atoms. The Bertz CT molecular complexity index is 500. The van der Waals surface area contributed by atoms with Crippen LogP contribution >= 0.6 is 0 Å². The van der Waals surface area contributed by atoms with Crippen LogP contribution in [0.4, 0.5) is 0 Å². The number of carbonyl (C=O) groups excluding carboxylic acids is 1. The fraction of sp³-hybridized carbons (Fsp3) is 0.952. The number of carbonyl (C=O) groups is 1. The summed E-state index contributed by atoms with van der Waals surface area (Å²) >= 11 is 0. The first-order valence-corrected chi connectivity index (χ1v) is 10.0. The highest BCUT2D eigenvalue weighted by atomic mass is 16.3. The van der Waals surface area contributed by atoms with Crippen LogP contribution < -0.4 is 0 Å². The molecule has 4 rings (SSSR count). The summed E-state index contributed by atoms with van der Waals surface area (Å²) < 4.78 is 0. The summed E-state index contributed by atoms with van der Waals surface area (Å²) in [6.45, 7) is 6.80. The fourth-order valence-corrected chi connectivity index (χ4v) is 7.90. The second-order valence-electron chi connectivity index (χ2n) is 9.87. The van der Waals surface area contributed by atoms with E-state index in [4.69, 9.17) is 0 Å². The summed E-state index contributed by atoms with van der Waals surface area (Å²) in [5, 5.41) is 10.1. The zero-order valence-corrected chi connectivity index (χ0v) is 15.2. The molecule has 4 saturated carbocycles. The predicted octanol–water partition coefficient (Wildman–Crippen LogP) is 4.60. The molecule has 0 bridgehead atoms. The lowest BCUT2D eigenvalue weighted by Crippen LogP contribution is -2.54. The number of hydrogen-bond acceptors (Lipinski definition) is 2. The number of rotatable bonds is 1. The van der Waals surface area contributed by atoms with Crippen molar-refractivity contribution in [2.24, 2.45) is 40.4 Å². The highest BCUT2D eigenvalue weighted by molar-refractivity contribution is 5.79. The summed E-state index contributed by atoms with van der Waals surface area (Å²) in [6.07, 6.45) is 10.9. The van der Waals surface area contributed by atoms with Gasteiger partial charge in [0.2, 0.25) is 0 Å². The third kappa shape index (κ3) is 2.19. The van der Waals surface area contributed by atoms with E-state index in [1.54, 1.807) is 0 Å². The minimum absolute atomic E-state index is 0.0490. The molecule has 0 aromatic carbocycles. The minimum Gasteiger partial charge on any atom is -0.393 e. The Morgan fingerprint density at radius 2 is 1.61 bits per heavy atom. The van der Waals surface area contributed by atoms with Crippen molar-refractivity contribution in [3.05, 3.63) is 0 Å². The van der Waals surface area contributed by atoms with Crippen molar-refractivity contribution in [1.29, 1.82) is 0 Å². The number of aliphatic hydroxyl groups excluding tert-OH is 1. The smallest absolute Gasteiger partial charge is 0.133 e. The van der Waals surface area contributed by atoms with E-state index < -0.39 is 0 Å². The zero-order valence-electron chi connectivity index (χ0n) is 15.2. The van der Waals surface area contributed by atoms with Crippen molar-refractivity contribution in [2.45, 2.75) is 84.7 Å². The maximum absolute atomic E-state index is 12.2. The van der Waals surface area contributed by atoms with Crippen molar-refractivity contribution in [3.63, 3.8) is 0 Å². The van der Waals surface area contributed by atoms with Crippen molar-refractivity contribution < 1.29 is 9.90 Å². The van der Waals surface area contributed by atoms with E-state index in [9.17, 15) is 9.90 Å². The van der Waals surface area contributed by atoms with Gasteiger partial charge in [-0.2, -0.15) is 0 Å². The molecule has 4 fully saturated rings. The molecule has 0 heterocycles. The molecule has 8 atom stereocenters. The molecule has 0 radical (unpaired) electrons. The van der Waals surface area contributed by atoms with Crippen LogP contribution in [0.15, 0.2) is 0 Å². The van der Waals surface area contributed by atoms with Crippen LogP contribution in [0.5, 0.6) is 0 Å². The Hall–Kier alpha value is -0.370. The Labute approximate surface area is 141 Å². The Kier molecular flexibility index (Phi) is 3.72. The lowest BCUT2D eigenvalue weighted by Gasteiger charge is -2.60. The van der Waals surface area contributed by atoms with Gasteiger partial charge in [-0.3, -0.25) is 4.79 Å². The lowest BCUT2D eigenvalue weighted by atomic mass is 9.44. The van der Waals surface area contributed by atoms with E-state index in [2.05, 4.69) is 13.8 Å². The van der Waals surface area contributed by atoms with Gasteiger partial charge in [-0.1, -0.05) is 13.8 Å². The molecular weight excluding hydrogens is 284 g/mol. The van der Waals surface area contributed by atoms with Gasteiger partial charge in [0, 0.05) is 5.92 Å².